The molecule has 568 valence electrons. The maximum atomic E-state index is 11.9. The van der Waals surface area contributed by atoms with Gasteiger partial charge in [-0.3, -0.25) is 23.7 Å². The van der Waals surface area contributed by atoms with Crippen molar-refractivity contribution in [3.63, 3.8) is 0 Å². The zero-order valence-corrected chi connectivity index (χ0v) is 58.1. The van der Waals surface area contributed by atoms with Crippen LogP contribution in [0.2, 0.25) is 0 Å². The van der Waals surface area contributed by atoms with Gasteiger partial charge < -0.3 is 61.9 Å². The van der Waals surface area contributed by atoms with Crippen molar-refractivity contribution in [2.45, 2.75) is 206 Å². The van der Waals surface area contributed by atoms with Crippen LogP contribution in [0.4, 0.5) is 0 Å². The van der Waals surface area contributed by atoms with Gasteiger partial charge in [0.25, 0.3) is 10.1 Å². The minimum absolute atomic E-state index is 0. The smallest absolute Gasteiger partial charge is 0.311 e. The number of aliphatic hydroxyl groups is 2. The summed E-state index contributed by atoms with van der Waals surface area (Å²) in [6, 6.07) is 0. The molecule has 0 aliphatic heterocycles. The number of amides is 2. The van der Waals surface area contributed by atoms with E-state index in [1.807, 2.05) is 112 Å². The van der Waals surface area contributed by atoms with Crippen LogP contribution in [-0.2, 0) is 69.1 Å². The lowest BCUT2D eigenvalue weighted by atomic mass is 9.89. The van der Waals surface area contributed by atoms with Crippen molar-refractivity contribution in [2.24, 2.45) is 21.7 Å². The topological polar surface area (TPSA) is 377 Å². The minimum atomic E-state index is -4.45. The fourth-order valence-electron chi connectivity index (χ4n) is 7.14. The Labute approximate surface area is 566 Å². The van der Waals surface area contributed by atoms with Gasteiger partial charge in [0.2, 0.25) is 11.8 Å². The average Bonchev–Trinajstić information content (AvgIpc) is 3.29. The van der Waals surface area contributed by atoms with Gasteiger partial charge in [-0.15, -0.1) is 0 Å². The molecular weight excluding hydrogens is 1280 g/mol. The lowest BCUT2D eigenvalue weighted by Crippen LogP contribution is -2.49. The molecule has 0 saturated heterocycles. The van der Waals surface area contributed by atoms with Gasteiger partial charge in [-0.1, -0.05) is 115 Å². The first-order valence-electron chi connectivity index (χ1n) is 28.7. The molecule has 2 amide bonds. The van der Waals surface area contributed by atoms with E-state index >= 15 is 0 Å². The van der Waals surface area contributed by atoms with E-state index in [-0.39, 0.29) is 130 Å². The summed E-state index contributed by atoms with van der Waals surface area (Å²) >= 11 is 0. The van der Waals surface area contributed by atoms with Crippen LogP contribution in [0.3, 0.4) is 0 Å². The van der Waals surface area contributed by atoms with Crippen LogP contribution >= 0.6 is 0 Å². The number of nitrogens with zero attached hydrogens (tertiary/aromatic N) is 4. The number of ether oxygens (including phenoxy) is 2. The highest BCUT2D eigenvalue weighted by molar-refractivity contribution is 7.86. The molecule has 0 rings (SSSR count). The van der Waals surface area contributed by atoms with Gasteiger partial charge >= 0.3 is 11.9 Å². The van der Waals surface area contributed by atoms with Crippen LogP contribution in [0.25, 0.3) is 0 Å². The molecule has 0 aromatic carbocycles. The number of hydrogen-bond acceptors (Lipinski definition) is 19. The van der Waals surface area contributed by atoms with Crippen LogP contribution in [-0.4, -0.2) is 274 Å². The first-order valence-corrected chi connectivity index (χ1v) is 35.0. The molecule has 0 spiro atoms. The van der Waals surface area contributed by atoms with Crippen LogP contribution in [0.15, 0.2) is 0 Å². The summed E-state index contributed by atoms with van der Waals surface area (Å²) in [5, 5.41) is 25.1. The molecule has 5 N–H and O–H groups in total. The summed E-state index contributed by atoms with van der Waals surface area (Å²) in [5.74, 6) is -2.55. The van der Waals surface area contributed by atoms with Crippen LogP contribution in [0, 0.1) is 21.7 Å². The van der Waals surface area contributed by atoms with Crippen molar-refractivity contribution >= 4 is 64.2 Å². The van der Waals surface area contributed by atoms with Gasteiger partial charge in [0, 0.05) is 61.1 Å². The molecule has 26 nitrogen and oxygen atoms in total. The molecular formula is C62H147N6O20S4+. The van der Waals surface area contributed by atoms with Gasteiger partial charge in [-0.25, -0.2) is 25.3 Å². The monoisotopic (exact) mass is 1420 g/mol. The molecule has 0 bridgehead atoms. The number of quaternary nitrogens is 4. The number of likely N-dealkylation sites (N-methyl/N-ethyl adjacent to an activating group) is 3. The summed E-state index contributed by atoms with van der Waals surface area (Å²) < 4.78 is 137. The molecule has 2 unspecified atom stereocenters. The predicted octanol–water partition coefficient (Wildman–Crippen LogP) is 7.21. The zero-order valence-electron chi connectivity index (χ0n) is 54.8. The highest BCUT2D eigenvalue weighted by atomic mass is 32.2. The molecule has 0 aliphatic carbocycles. The summed E-state index contributed by atoms with van der Waals surface area (Å²) in [6.07, 6.45) is 2.83. The standard InChI is InChI=1S/C14H30N2O5S.C14H30N2O4S.C13H27NO6S.C13H27NO5S.8CH4/c1-6-14(2,3)13(18)15-8-7-9-16(4,5)10-12(17)11-22(19,20)21;1-6-14(2,3)13(17)15-9-7-10-16(4,5)11-8-12-21(18,19)20;1-6-13(2,3)12(16)20-8-7-14(4,5)9-11(15)10-21(17,18)19;1-6-13(2,3)12(15)19-10-9-14(4,5)8-7-11-20(16,17)18;;;;;;;;/h12,17H,6-11H2,1-5H3,(H-,15,18,19,20,21);6-12H2,1-5H3,(H-,15,17,18,19,20);11,15H,6-10H2,1-5H3;6-11H2,1-5H3;8*1H4/p+1. The third kappa shape index (κ3) is 65.9. The maximum Gasteiger partial charge on any atom is 0.311 e. The molecule has 0 radical (unpaired) electrons. The number of carbonyl (C=O) groups is 4. The molecule has 0 aromatic heterocycles. The van der Waals surface area contributed by atoms with E-state index in [0.717, 1.165) is 32.2 Å². The molecule has 0 fully saturated rings. The molecule has 0 saturated carbocycles. The fourth-order valence-corrected chi connectivity index (χ4v) is 9.27. The van der Waals surface area contributed by atoms with Crippen molar-refractivity contribution < 1.29 is 109 Å². The summed E-state index contributed by atoms with van der Waals surface area (Å²) in [7, 11) is -1.81. The normalized spacial score (nSPS) is 12.8. The number of hydrogen-bond donors (Lipinski definition) is 5. The fraction of sp³-hybridized carbons (Fsp3) is 0.935. The Morgan fingerprint density at radius 3 is 0.935 bits per heavy atom. The van der Waals surface area contributed by atoms with Gasteiger partial charge in [0.1, 0.15) is 57.4 Å². The maximum absolute atomic E-state index is 11.9. The third-order valence-electron chi connectivity index (χ3n) is 14.7. The van der Waals surface area contributed by atoms with Crippen molar-refractivity contribution in [1.29, 1.82) is 0 Å². The first-order chi connectivity index (χ1) is 37.4. The van der Waals surface area contributed by atoms with E-state index in [0.29, 0.717) is 91.6 Å². The van der Waals surface area contributed by atoms with E-state index in [2.05, 4.69) is 10.6 Å². The molecule has 92 heavy (non-hydrogen) atoms. The summed E-state index contributed by atoms with van der Waals surface area (Å²) in [6.45, 7) is 28.3. The predicted molar refractivity (Wildman–Crippen MR) is 376 cm³/mol. The highest BCUT2D eigenvalue weighted by Gasteiger charge is 2.31. The Kier molecular flexibility index (Phi) is 64.1. The van der Waals surface area contributed by atoms with Gasteiger partial charge in [-0.05, 0) is 53.4 Å². The molecule has 0 heterocycles. The second kappa shape index (κ2) is 50.6. The lowest BCUT2D eigenvalue weighted by Gasteiger charge is -2.32. The average molecular weight is 1430 g/mol. The summed E-state index contributed by atoms with van der Waals surface area (Å²) in [5.41, 5.74) is -1.73. The molecule has 0 aliphatic rings. The lowest BCUT2D eigenvalue weighted by molar-refractivity contribution is -0.893. The van der Waals surface area contributed by atoms with E-state index in [9.17, 15) is 76.7 Å². The highest BCUT2D eigenvalue weighted by Crippen LogP contribution is 2.23. The van der Waals surface area contributed by atoms with Crippen LogP contribution in [0.5, 0.6) is 0 Å². The third-order valence-corrected chi connectivity index (χ3v) is 17.9. The zero-order chi connectivity index (χ0) is 67.3. The molecule has 30 heteroatoms. The molecule has 0 aromatic rings. The van der Waals surface area contributed by atoms with E-state index in [1.54, 1.807) is 27.9 Å². The number of carbonyl (C=O) groups excluding carboxylic acids is 4. The first kappa shape index (κ1) is 117. The number of rotatable bonds is 38. The Balaban J connectivity index is -0.0000000902. The molecule has 2 atom stereocenters. The van der Waals surface area contributed by atoms with Crippen LogP contribution in [0.1, 0.15) is 194 Å². The Morgan fingerprint density at radius 2 is 0.663 bits per heavy atom. The van der Waals surface area contributed by atoms with E-state index < -0.39 is 75.0 Å². The minimum Gasteiger partial charge on any atom is -0.748 e. The van der Waals surface area contributed by atoms with Crippen LogP contribution < -0.4 is 10.6 Å². The van der Waals surface area contributed by atoms with Gasteiger partial charge in [0.05, 0.1) is 129 Å². The quantitative estimate of drug-likeness (QED) is 0.0176. The SMILES string of the molecule is C.C.C.C.C.C.C.C.CCC(C)(C)C(=O)NCCC[N+](C)(C)CC(O)CS(=O)(=O)O.CCC(C)(C)C(=O)NCCC[N+](C)(C)CCCS(=O)(=O)[O-].CCC(C)(C)C(=O)OCC[N+](C)(C)CC(O)CS(=O)(=O)[O-].CCC(C)(C)C(=O)OCC[N+](C)(C)CCCS(=O)(=O)[O-]. The Bertz CT molecular complexity index is 2420. The second-order valence-electron chi connectivity index (χ2n) is 26.9. The van der Waals surface area contributed by atoms with Crippen molar-refractivity contribution in [2.75, 3.05) is 158 Å². The summed E-state index contributed by atoms with van der Waals surface area (Å²) in [4.78, 5) is 47.4. The van der Waals surface area contributed by atoms with Crippen molar-refractivity contribution in [3.8, 4) is 0 Å². The van der Waals surface area contributed by atoms with Gasteiger partial charge in [0.15, 0.2) is 0 Å². The largest absolute Gasteiger partial charge is 0.748 e. The van der Waals surface area contributed by atoms with E-state index in [1.165, 1.54) is 0 Å². The van der Waals surface area contributed by atoms with Crippen molar-refractivity contribution in [1.82, 2.24) is 10.6 Å². The van der Waals surface area contributed by atoms with Gasteiger partial charge in [-0.2, -0.15) is 8.42 Å². The van der Waals surface area contributed by atoms with E-state index in [4.69, 9.17) is 14.0 Å². The van der Waals surface area contributed by atoms with Crippen molar-refractivity contribution in [3.05, 3.63) is 0 Å². The second-order valence-corrected chi connectivity index (χ2v) is 32.9. The number of esters is 2. The Hall–Kier alpha value is -2.72. The number of aliphatic hydroxyl groups excluding tert-OH is 2. The Morgan fingerprint density at radius 1 is 0.413 bits per heavy atom. The number of nitrogens with one attached hydrogen (secondary N) is 2.